The average molecular weight is 527 g/mol. The third-order valence-electron chi connectivity index (χ3n) is 4.72. The Kier molecular flexibility index (Phi) is 7.18. The standard InChI is InChI=1S/C23H16F3N7O5/c24-23(25,26)13-1-6-19(33-10-9-29-32-33)17(11-13)31-22(36)30-14-2-4-15(5-3-14)37-16-7-8-28-18(12-16)20(34)38-21(27)35/h1-12H,(H2,27,35)(H2,30,31,36). The number of pyridine rings is 1. The van der Waals surface area contributed by atoms with Crippen LogP contribution in [0.25, 0.3) is 5.69 Å². The number of benzene rings is 2. The van der Waals surface area contributed by atoms with Crippen LogP contribution in [0.2, 0.25) is 0 Å². The maximum absolute atomic E-state index is 13.2. The van der Waals surface area contributed by atoms with E-state index in [-0.39, 0.29) is 22.8 Å². The molecule has 0 bridgehead atoms. The van der Waals surface area contributed by atoms with E-state index in [9.17, 15) is 27.6 Å². The summed E-state index contributed by atoms with van der Waals surface area (Å²) in [5.74, 6) is -0.552. The normalized spacial score (nSPS) is 10.9. The molecule has 4 aromatic rings. The maximum Gasteiger partial charge on any atom is 0.416 e. The molecule has 4 rings (SSSR count). The van der Waals surface area contributed by atoms with E-state index in [0.29, 0.717) is 11.4 Å². The van der Waals surface area contributed by atoms with Gasteiger partial charge in [0.25, 0.3) is 0 Å². The van der Waals surface area contributed by atoms with E-state index in [1.54, 1.807) is 0 Å². The Bertz CT molecular complexity index is 1480. The maximum atomic E-state index is 13.2. The minimum atomic E-state index is -4.62. The highest BCUT2D eigenvalue weighted by atomic mass is 19.4. The van der Waals surface area contributed by atoms with E-state index in [0.717, 1.165) is 18.2 Å². The largest absolute Gasteiger partial charge is 0.457 e. The molecule has 2 aromatic heterocycles. The number of nitrogens with two attached hydrogens (primary N) is 1. The number of hydrogen-bond donors (Lipinski definition) is 3. The van der Waals surface area contributed by atoms with Crippen LogP contribution in [-0.4, -0.2) is 38.1 Å². The molecule has 38 heavy (non-hydrogen) atoms. The lowest BCUT2D eigenvalue weighted by Crippen LogP contribution is -2.21. The van der Waals surface area contributed by atoms with Gasteiger partial charge in [-0.3, -0.25) is 0 Å². The fourth-order valence-electron chi connectivity index (χ4n) is 3.11. The van der Waals surface area contributed by atoms with Crippen LogP contribution in [0.15, 0.2) is 73.2 Å². The first-order chi connectivity index (χ1) is 18.1. The lowest BCUT2D eigenvalue weighted by Gasteiger charge is -2.15. The molecule has 0 fully saturated rings. The highest BCUT2D eigenvalue weighted by Crippen LogP contribution is 2.33. The number of urea groups is 1. The van der Waals surface area contributed by atoms with Crippen molar-refractivity contribution in [1.29, 1.82) is 0 Å². The molecule has 0 saturated heterocycles. The summed E-state index contributed by atoms with van der Waals surface area (Å²) in [6, 6.07) is 10.6. The zero-order valence-electron chi connectivity index (χ0n) is 19.0. The minimum absolute atomic E-state index is 0.147. The molecule has 4 N–H and O–H groups in total. The van der Waals surface area contributed by atoms with Gasteiger partial charge in [-0.25, -0.2) is 24.0 Å². The molecule has 0 aliphatic carbocycles. The van der Waals surface area contributed by atoms with Gasteiger partial charge < -0.3 is 25.8 Å². The number of carbonyl (C=O) groups is 3. The molecule has 194 valence electrons. The molecule has 2 heterocycles. The predicted molar refractivity (Wildman–Crippen MR) is 125 cm³/mol. The van der Waals surface area contributed by atoms with Gasteiger partial charge >= 0.3 is 24.3 Å². The van der Waals surface area contributed by atoms with Gasteiger partial charge in [0.05, 0.1) is 29.3 Å². The first-order valence-electron chi connectivity index (χ1n) is 10.5. The van der Waals surface area contributed by atoms with Gasteiger partial charge in [-0.2, -0.15) is 13.2 Å². The summed E-state index contributed by atoms with van der Waals surface area (Å²) in [5, 5.41) is 12.3. The van der Waals surface area contributed by atoms with Gasteiger partial charge in [0.1, 0.15) is 11.5 Å². The van der Waals surface area contributed by atoms with Crippen molar-refractivity contribution in [2.45, 2.75) is 6.18 Å². The smallest absolute Gasteiger partial charge is 0.416 e. The van der Waals surface area contributed by atoms with Crippen molar-refractivity contribution in [2.75, 3.05) is 10.6 Å². The lowest BCUT2D eigenvalue weighted by atomic mass is 10.1. The number of rotatable bonds is 6. The quantitative estimate of drug-likeness (QED) is 0.246. The summed E-state index contributed by atoms with van der Waals surface area (Å²) in [4.78, 5) is 38.8. The number of nitrogens with one attached hydrogen (secondary N) is 2. The number of carbonyl (C=O) groups excluding carboxylic acids is 3. The number of ether oxygens (including phenoxy) is 2. The summed E-state index contributed by atoms with van der Waals surface area (Å²) in [6.07, 6.45) is -1.89. The fraction of sp³-hybridized carbons (Fsp3) is 0.0435. The first-order valence-corrected chi connectivity index (χ1v) is 10.5. The summed E-state index contributed by atoms with van der Waals surface area (Å²) in [5.41, 5.74) is 3.96. The van der Waals surface area contributed by atoms with Gasteiger partial charge in [0, 0.05) is 18.0 Å². The van der Waals surface area contributed by atoms with Gasteiger partial charge in [-0.15, -0.1) is 5.10 Å². The summed E-state index contributed by atoms with van der Waals surface area (Å²) < 4.78 is 50.7. The Morgan fingerprint density at radius 1 is 0.921 bits per heavy atom. The molecule has 0 spiro atoms. The Balaban J connectivity index is 1.44. The van der Waals surface area contributed by atoms with Crippen LogP contribution in [0.5, 0.6) is 11.5 Å². The van der Waals surface area contributed by atoms with Crippen LogP contribution in [0.4, 0.5) is 34.1 Å². The fourth-order valence-corrected chi connectivity index (χ4v) is 3.11. The number of amides is 3. The third-order valence-corrected chi connectivity index (χ3v) is 4.72. The van der Waals surface area contributed by atoms with Gasteiger partial charge in [0.15, 0.2) is 5.69 Å². The average Bonchev–Trinajstić information content (AvgIpc) is 3.39. The zero-order valence-corrected chi connectivity index (χ0v) is 19.0. The van der Waals surface area contributed by atoms with Crippen LogP contribution >= 0.6 is 0 Å². The van der Waals surface area contributed by atoms with Gasteiger partial charge in [0.2, 0.25) is 0 Å². The predicted octanol–water partition coefficient (Wildman–Crippen LogP) is 4.35. The zero-order chi connectivity index (χ0) is 27.3. The molecule has 0 radical (unpaired) electrons. The second-order valence-electron chi connectivity index (χ2n) is 7.37. The molecule has 0 aliphatic rings. The first kappa shape index (κ1) is 25.6. The van der Waals surface area contributed by atoms with Crippen molar-refractivity contribution in [3.05, 3.63) is 84.4 Å². The second-order valence-corrected chi connectivity index (χ2v) is 7.37. The number of nitrogens with zero attached hydrogens (tertiary/aromatic N) is 4. The number of aromatic nitrogens is 4. The van der Waals surface area contributed by atoms with Crippen LogP contribution in [0.1, 0.15) is 16.1 Å². The highest BCUT2D eigenvalue weighted by molar-refractivity contribution is 6.01. The Hall–Kier alpha value is -5.47. The number of esters is 1. The lowest BCUT2D eigenvalue weighted by molar-refractivity contribution is -0.137. The number of hydrogen-bond acceptors (Lipinski definition) is 8. The van der Waals surface area contributed by atoms with Crippen molar-refractivity contribution in [1.82, 2.24) is 20.0 Å². The second kappa shape index (κ2) is 10.7. The molecule has 3 amide bonds. The Labute approximate surface area is 211 Å². The van der Waals surface area contributed by atoms with Crippen LogP contribution in [0.3, 0.4) is 0 Å². The van der Waals surface area contributed by atoms with Gasteiger partial charge in [-0.1, -0.05) is 5.21 Å². The summed E-state index contributed by atoms with van der Waals surface area (Å²) in [6.45, 7) is 0. The third kappa shape index (κ3) is 6.39. The van der Waals surface area contributed by atoms with E-state index < -0.39 is 29.8 Å². The van der Waals surface area contributed by atoms with Crippen molar-refractivity contribution >= 4 is 29.5 Å². The topological polar surface area (TPSA) is 163 Å². The van der Waals surface area contributed by atoms with E-state index in [2.05, 4.69) is 30.7 Å². The molecular weight excluding hydrogens is 511 g/mol. The number of halogens is 3. The molecule has 0 saturated carbocycles. The van der Waals surface area contributed by atoms with E-state index in [1.165, 1.54) is 59.7 Å². The van der Waals surface area contributed by atoms with E-state index in [1.807, 2.05) is 0 Å². The van der Waals surface area contributed by atoms with Crippen LogP contribution in [0, 0.1) is 0 Å². The summed E-state index contributed by atoms with van der Waals surface area (Å²) >= 11 is 0. The molecule has 0 atom stereocenters. The van der Waals surface area contributed by atoms with E-state index >= 15 is 0 Å². The van der Waals surface area contributed by atoms with E-state index in [4.69, 9.17) is 10.5 Å². The molecular formula is C23H16F3N7O5. The SMILES string of the molecule is NC(=O)OC(=O)c1cc(Oc2ccc(NC(=O)Nc3cc(C(F)(F)F)ccc3-n3ccnn3)cc2)ccn1. The highest BCUT2D eigenvalue weighted by Gasteiger charge is 2.31. The molecule has 2 aromatic carbocycles. The Morgan fingerprint density at radius 3 is 2.34 bits per heavy atom. The molecule has 15 heteroatoms. The number of anilines is 2. The van der Waals surface area contributed by atoms with Gasteiger partial charge in [-0.05, 0) is 48.5 Å². The Morgan fingerprint density at radius 2 is 1.68 bits per heavy atom. The van der Waals surface area contributed by atoms with Crippen molar-refractivity contribution in [2.24, 2.45) is 5.73 Å². The number of primary amides is 1. The molecule has 0 aliphatic heterocycles. The van der Waals surface area contributed by atoms with Crippen LogP contribution < -0.4 is 21.1 Å². The molecule has 12 nitrogen and oxygen atoms in total. The van der Waals surface area contributed by atoms with Crippen molar-refractivity contribution in [3.63, 3.8) is 0 Å². The number of alkyl halides is 3. The monoisotopic (exact) mass is 527 g/mol. The minimum Gasteiger partial charge on any atom is -0.457 e. The van der Waals surface area contributed by atoms with Crippen molar-refractivity contribution < 1.29 is 37.0 Å². The molecule has 0 unspecified atom stereocenters. The van der Waals surface area contributed by atoms with Crippen molar-refractivity contribution in [3.8, 4) is 17.2 Å². The van der Waals surface area contributed by atoms with Crippen LogP contribution in [-0.2, 0) is 10.9 Å². The summed E-state index contributed by atoms with van der Waals surface area (Å²) in [7, 11) is 0.